The topological polar surface area (TPSA) is 32.3 Å². The second kappa shape index (κ2) is 4.33. The van der Waals surface area contributed by atoms with Crippen LogP contribution in [0.4, 0.5) is 11.4 Å². The Kier molecular flexibility index (Phi) is 3.17. The van der Waals surface area contributed by atoms with Crippen molar-refractivity contribution in [3.63, 3.8) is 0 Å². The molecule has 1 heterocycles. The minimum atomic E-state index is -0.138. The third-order valence-electron chi connectivity index (χ3n) is 3.12. The summed E-state index contributed by atoms with van der Waals surface area (Å²) in [5, 5.41) is 3.34. The molecule has 1 amide bonds. The molecule has 1 unspecified atom stereocenters. The zero-order chi connectivity index (χ0) is 12.7. The fraction of sp³-hybridized carbons (Fsp3) is 0.462. The first-order valence-corrected chi connectivity index (χ1v) is 6.55. The van der Waals surface area contributed by atoms with Gasteiger partial charge in [-0.1, -0.05) is 13.8 Å². The van der Waals surface area contributed by atoms with Crippen LogP contribution in [-0.2, 0) is 4.79 Å². The lowest BCUT2D eigenvalue weighted by molar-refractivity contribution is -0.120. The number of carbonyl (C=O) groups excluding carboxylic acids is 1. The van der Waals surface area contributed by atoms with Gasteiger partial charge in [-0.05, 0) is 46.5 Å². The van der Waals surface area contributed by atoms with Crippen LogP contribution in [0.15, 0.2) is 16.6 Å². The van der Waals surface area contributed by atoms with Gasteiger partial charge in [0.2, 0.25) is 5.91 Å². The number of nitrogens with one attached hydrogen (secondary N) is 1. The Labute approximate surface area is 110 Å². The highest BCUT2D eigenvalue weighted by Crippen LogP contribution is 2.39. The number of carbonyl (C=O) groups is 1. The lowest BCUT2D eigenvalue weighted by Gasteiger charge is -2.35. The number of hydrogen-bond donors (Lipinski definition) is 1. The summed E-state index contributed by atoms with van der Waals surface area (Å²) in [5.74, 6) is 0.398. The van der Waals surface area contributed by atoms with E-state index >= 15 is 0 Å². The van der Waals surface area contributed by atoms with Crippen molar-refractivity contribution < 1.29 is 4.79 Å². The van der Waals surface area contributed by atoms with Crippen LogP contribution in [0.1, 0.15) is 19.4 Å². The van der Waals surface area contributed by atoms with E-state index in [4.69, 9.17) is 0 Å². The molecule has 4 heteroatoms. The lowest BCUT2D eigenvalue weighted by Crippen LogP contribution is -2.48. The van der Waals surface area contributed by atoms with Crippen molar-refractivity contribution in [2.24, 2.45) is 5.92 Å². The number of halogens is 1. The van der Waals surface area contributed by atoms with Gasteiger partial charge in [-0.3, -0.25) is 4.79 Å². The van der Waals surface area contributed by atoms with Gasteiger partial charge in [-0.15, -0.1) is 0 Å². The van der Waals surface area contributed by atoms with E-state index in [9.17, 15) is 4.79 Å². The third kappa shape index (κ3) is 2.06. The summed E-state index contributed by atoms with van der Waals surface area (Å²) >= 11 is 3.52. The molecule has 0 spiro atoms. The molecule has 17 heavy (non-hydrogen) atoms. The van der Waals surface area contributed by atoms with Crippen molar-refractivity contribution in [1.82, 2.24) is 0 Å². The van der Waals surface area contributed by atoms with Gasteiger partial charge >= 0.3 is 0 Å². The van der Waals surface area contributed by atoms with Crippen LogP contribution in [0.25, 0.3) is 0 Å². The van der Waals surface area contributed by atoms with Crippen LogP contribution in [0.2, 0.25) is 0 Å². The smallest absolute Gasteiger partial charge is 0.249 e. The average molecular weight is 297 g/mol. The standard InChI is InChI=1S/C13H17BrN2O/c1-7(2)11-13(17)16(4)12-9(14)5-8(3)6-10(12)15-11/h5-7,11,15H,1-4H3. The van der Waals surface area contributed by atoms with Crippen LogP contribution in [0.5, 0.6) is 0 Å². The zero-order valence-corrected chi connectivity index (χ0v) is 12.1. The molecule has 0 fully saturated rings. The quantitative estimate of drug-likeness (QED) is 0.863. The number of benzene rings is 1. The number of anilines is 2. The van der Waals surface area contributed by atoms with E-state index in [1.807, 2.05) is 20.0 Å². The number of aryl methyl sites for hydroxylation is 1. The Hall–Kier alpha value is -1.03. The normalized spacial score (nSPS) is 19.3. The second-order valence-electron chi connectivity index (χ2n) is 4.91. The van der Waals surface area contributed by atoms with Crippen LogP contribution < -0.4 is 10.2 Å². The Morgan fingerprint density at radius 2 is 2.06 bits per heavy atom. The fourth-order valence-corrected chi connectivity index (χ4v) is 3.03. The molecule has 1 aliphatic rings. The minimum absolute atomic E-state index is 0.122. The summed E-state index contributed by atoms with van der Waals surface area (Å²) in [6.07, 6.45) is 0. The molecule has 0 saturated carbocycles. The molecule has 1 aliphatic heterocycles. The summed E-state index contributed by atoms with van der Waals surface area (Å²) in [6.45, 7) is 6.16. The van der Waals surface area contributed by atoms with E-state index in [-0.39, 0.29) is 17.9 Å². The number of fused-ring (bicyclic) bond motifs is 1. The summed E-state index contributed by atoms with van der Waals surface area (Å²) in [4.78, 5) is 13.9. The first kappa shape index (κ1) is 12.4. The fourth-order valence-electron chi connectivity index (χ4n) is 2.19. The molecule has 2 rings (SSSR count). The maximum absolute atomic E-state index is 12.2. The molecule has 3 nitrogen and oxygen atoms in total. The van der Waals surface area contributed by atoms with E-state index in [1.165, 1.54) is 5.56 Å². The van der Waals surface area contributed by atoms with Gasteiger partial charge in [-0.25, -0.2) is 0 Å². The highest BCUT2D eigenvalue weighted by Gasteiger charge is 2.33. The highest BCUT2D eigenvalue weighted by molar-refractivity contribution is 9.10. The molecule has 0 bridgehead atoms. The van der Waals surface area contributed by atoms with Gasteiger partial charge in [-0.2, -0.15) is 0 Å². The summed E-state index contributed by atoms with van der Waals surface area (Å²) in [6, 6.07) is 3.97. The van der Waals surface area contributed by atoms with Crippen molar-refractivity contribution in [1.29, 1.82) is 0 Å². The second-order valence-corrected chi connectivity index (χ2v) is 5.76. The highest BCUT2D eigenvalue weighted by atomic mass is 79.9. The van der Waals surface area contributed by atoms with E-state index in [0.717, 1.165) is 15.8 Å². The van der Waals surface area contributed by atoms with Crippen LogP contribution in [-0.4, -0.2) is 19.0 Å². The van der Waals surface area contributed by atoms with Crippen molar-refractivity contribution in [2.75, 3.05) is 17.3 Å². The van der Waals surface area contributed by atoms with E-state index < -0.39 is 0 Å². The van der Waals surface area contributed by atoms with E-state index in [1.54, 1.807) is 4.90 Å². The molecule has 1 aromatic carbocycles. The summed E-state index contributed by atoms with van der Waals surface area (Å²) in [7, 11) is 1.83. The number of hydrogen-bond acceptors (Lipinski definition) is 2. The van der Waals surface area contributed by atoms with Crippen molar-refractivity contribution in [3.8, 4) is 0 Å². The van der Waals surface area contributed by atoms with E-state index in [0.29, 0.717) is 0 Å². The van der Waals surface area contributed by atoms with Crippen molar-refractivity contribution in [2.45, 2.75) is 26.8 Å². The van der Waals surface area contributed by atoms with Gasteiger partial charge < -0.3 is 10.2 Å². The van der Waals surface area contributed by atoms with Gasteiger partial charge in [0.1, 0.15) is 6.04 Å². The van der Waals surface area contributed by atoms with Gasteiger partial charge in [0.15, 0.2) is 0 Å². The Morgan fingerprint density at radius 1 is 1.41 bits per heavy atom. The average Bonchev–Trinajstić information content (AvgIpc) is 2.21. The van der Waals surface area contributed by atoms with Gasteiger partial charge in [0.25, 0.3) is 0 Å². The Morgan fingerprint density at radius 3 is 2.65 bits per heavy atom. The van der Waals surface area contributed by atoms with Crippen molar-refractivity contribution >= 4 is 33.2 Å². The molecular weight excluding hydrogens is 280 g/mol. The van der Waals surface area contributed by atoms with Crippen LogP contribution in [0.3, 0.4) is 0 Å². The SMILES string of the molecule is Cc1cc(Br)c2c(c1)NC(C(C)C)C(=O)N2C. The molecule has 0 saturated heterocycles. The monoisotopic (exact) mass is 296 g/mol. The lowest BCUT2D eigenvalue weighted by atomic mass is 9.99. The van der Waals surface area contributed by atoms with E-state index in [2.05, 4.69) is 41.2 Å². The Balaban J connectivity index is 2.53. The Bertz CT molecular complexity index is 471. The largest absolute Gasteiger partial charge is 0.372 e. The molecule has 1 aromatic rings. The number of rotatable bonds is 1. The predicted octanol–water partition coefficient (Wildman–Crippen LogP) is 3.17. The third-order valence-corrected chi connectivity index (χ3v) is 3.72. The summed E-state index contributed by atoms with van der Waals surface area (Å²) < 4.78 is 0.957. The molecule has 0 radical (unpaired) electrons. The van der Waals surface area contributed by atoms with Crippen LogP contribution >= 0.6 is 15.9 Å². The maximum atomic E-state index is 12.2. The van der Waals surface area contributed by atoms with Crippen molar-refractivity contribution in [3.05, 3.63) is 22.2 Å². The maximum Gasteiger partial charge on any atom is 0.249 e. The molecule has 1 atom stereocenters. The first-order chi connectivity index (χ1) is 7.91. The zero-order valence-electron chi connectivity index (χ0n) is 10.5. The molecule has 92 valence electrons. The number of amides is 1. The summed E-state index contributed by atoms with van der Waals surface area (Å²) in [5.41, 5.74) is 3.13. The first-order valence-electron chi connectivity index (χ1n) is 5.76. The minimum Gasteiger partial charge on any atom is -0.372 e. The van der Waals surface area contributed by atoms with Gasteiger partial charge in [0.05, 0.1) is 11.4 Å². The molecular formula is C13H17BrN2O. The molecule has 0 aliphatic carbocycles. The number of nitrogens with zero attached hydrogens (tertiary/aromatic N) is 1. The van der Waals surface area contributed by atoms with Crippen LogP contribution in [0, 0.1) is 12.8 Å². The molecule has 0 aromatic heterocycles. The molecule has 1 N–H and O–H groups in total. The van der Waals surface area contributed by atoms with Gasteiger partial charge in [0, 0.05) is 11.5 Å². The predicted molar refractivity (Wildman–Crippen MR) is 74.5 cm³/mol. The number of likely N-dealkylation sites (N-methyl/N-ethyl adjacent to an activating group) is 1.